The quantitative estimate of drug-likeness (QED) is 0.757. The fourth-order valence-corrected chi connectivity index (χ4v) is 6.60. The van der Waals surface area contributed by atoms with Gasteiger partial charge in [0, 0.05) is 9.75 Å². The van der Waals surface area contributed by atoms with Crippen molar-refractivity contribution in [3.63, 3.8) is 0 Å². The highest BCUT2D eigenvalue weighted by Gasteiger charge is 2.28. The van der Waals surface area contributed by atoms with E-state index >= 15 is 0 Å². The molecule has 4 rings (SSSR count). The lowest BCUT2D eigenvalue weighted by Crippen LogP contribution is -2.19. The van der Waals surface area contributed by atoms with E-state index in [0.29, 0.717) is 16.5 Å². The van der Waals surface area contributed by atoms with Crippen molar-refractivity contribution < 1.29 is 9.59 Å². The van der Waals surface area contributed by atoms with E-state index in [1.54, 1.807) is 11.3 Å². The van der Waals surface area contributed by atoms with Crippen molar-refractivity contribution in [1.82, 2.24) is 0 Å². The second-order valence-electron chi connectivity index (χ2n) is 7.49. The molecule has 6 heteroatoms. The lowest BCUT2D eigenvalue weighted by Gasteiger charge is -2.18. The van der Waals surface area contributed by atoms with Crippen molar-refractivity contribution in [3.8, 4) is 0 Å². The Kier molecular flexibility index (Phi) is 4.88. The van der Waals surface area contributed by atoms with Gasteiger partial charge in [-0.05, 0) is 68.1 Å². The Balaban J connectivity index is 1.61. The maximum atomic E-state index is 12.8. The van der Waals surface area contributed by atoms with Gasteiger partial charge >= 0.3 is 0 Å². The molecular weight excluding hydrogens is 364 g/mol. The lowest BCUT2D eigenvalue weighted by atomic mass is 9.88. The summed E-state index contributed by atoms with van der Waals surface area (Å²) in [5.41, 5.74) is 8.56. The zero-order valence-electron chi connectivity index (χ0n) is 15.0. The summed E-state index contributed by atoms with van der Waals surface area (Å²) in [4.78, 5) is 28.2. The Morgan fingerprint density at radius 2 is 1.92 bits per heavy atom. The smallest absolute Gasteiger partial charge is 0.266 e. The van der Waals surface area contributed by atoms with E-state index < -0.39 is 5.91 Å². The molecule has 0 spiro atoms. The van der Waals surface area contributed by atoms with Crippen LogP contribution in [-0.4, -0.2) is 11.8 Å². The second-order valence-corrected chi connectivity index (χ2v) is 9.74. The van der Waals surface area contributed by atoms with E-state index in [-0.39, 0.29) is 5.91 Å². The fourth-order valence-electron chi connectivity index (χ4n) is 4.04. The van der Waals surface area contributed by atoms with Gasteiger partial charge in [-0.25, -0.2) is 0 Å². The molecule has 2 amide bonds. The molecule has 26 heavy (non-hydrogen) atoms. The number of primary amides is 1. The van der Waals surface area contributed by atoms with E-state index in [2.05, 4.69) is 12.2 Å². The first-order chi connectivity index (χ1) is 12.5. The van der Waals surface area contributed by atoms with Crippen LogP contribution in [0.15, 0.2) is 6.07 Å². The zero-order chi connectivity index (χ0) is 18.3. The van der Waals surface area contributed by atoms with Gasteiger partial charge in [0.25, 0.3) is 11.8 Å². The summed E-state index contributed by atoms with van der Waals surface area (Å²) in [5, 5.41) is 3.62. The molecule has 0 radical (unpaired) electrons. The summed E-state index contributed by atoms with van der Waals surface area (Å²) in [6, 6.07) is 2.04. The molecule has 0 saturated carbocycles. The van der Waals surface area contributed by atoms with Gasteiger partial charge in [-0.2, -0.15) is 0 Å². The number of amides is 2. The van der Waals surface area contributed by atoms with Crippen LogP contribution in [0.2, 0.25) is 0 Å². The average molecular weight is 389 g/mol. The monoisotopic (exact) mass is 388 g/mol. The van der Waals surface area contributed by atoms with E-state index in [1.165, 1.54) is 45.9 Å². The van der Waals surface area contributed by atoms with Crippen molar-refractivity contribution in [3.05, 3.63) is 37.4 Å². The van der Waals surface area contributed by atoms with Gasteiger partial charge < -0.3 is 11.1 Å². The topological polar surface area (TPSA) is 72.2 Å². The van der Waals surface area contributed by atoms with Crippen LogP contribution in [0.1, 0.15) is 73.5 Å². The van der Waals surface area contributed by atoms with Gasteiger partial charge in [0.15, 0.2) is 0 Å². The highest BCUT2D eigenvalue weighted by atomic mass is 32.1. The van der Waals surface area contributed by atoms with Crippen LogP contribution >= 0.6 is 22.7 Å². The predicted molar refractivity (Wildman–Crippen MR) is 108 cm³/mol. The minimum atomic E-state index is -0.436. The first kappa shape index (κ1) is 17.7. The van der Waals surface area contributed by atoms with E-state index in [0.717, 1.165) is 42.5 Å². The summed E-state index contributed by atoms with van der Waals surface area (Å²) in [5.74, 6) is 0.0601. The molecule has 3 N–H and O–H groups in total. The third-order valence-electron chi connectivity index (χ3n) is 5.46. The number of carbonyl (C=O) groups excluding carboxylic acids is 2. The summed E-state index contributed by atoms with van der Waals surface area (Å²) >= 11 is 3.13. The molecule has 2 heterocycles. The van der Waals surface area contributed by atoms with Crippen LogP contribution in [0, 0.1) is 5.92 Å². The van der Waals surface area contributed by atoms with Gasteiger partial charge in [-0.15, -0.1) is 22.7 Å². The van der Waals surface area contributed by atoms with E-state index in [1.807, 2.05) is 6.07 Å². The molecule has 2 aromatic heterocycles. The molecule has 0 aliphatic heterocycles. The highest BCUT2D eigenvalue weighted by Crippen LogP contribution is 2.40. The largest absolute Gasteiger partial charge is 0.365 e. The van der Waals surface area contributed by atoms with Crippen molar-refractivity contribution in [2.24, 2.45) is 11.7 Å². The molecule has 0 saturated heterocycles. The normalized spacial score (nSPS) is 19.3. The van der Waals surface area contributed by atoms with Crippen molar-refractivity contribution in [2.75, 3.05) is 5.32 Å². The van der Waals surface area contributed by atoms with Crippen LogP contribution in [0.3, 0.4) is 0 Å². The minimum Gasteiger partial charge on any atom is -0.365 e. The maximum Gasteiger partial charge on any atom is 0.266 e. The van der Waals surface area contributed by atoms with Crippen LogP contribution in [0.25, 0.3) is 0 Å². The predicted octanol–water partition coefficient (Wildman–Crippen LogP) is 4.55. The van der Waals surface area contributed by atoms with Crippen LogP contribution in [0.5, 0.6) is 0 Å². The van der Waals surface area contributed by atoms with Gasteiger partial charge in [-0.1, -0.05) is 13.3 Å². The zero-order valence-corrected chi connectivity index (χ0v) is 16.7. The van der Waals surface area contributed by atoms with Crippen LogP contribution in [-0.2, 0) is 25.7 Å². The minimum absolute atomic E-state index is 0.114. The third-order valence-corrected chi connectivity index (χ3v) is 7.86. The van der Waals surface area contributed by atoms with Crippen LogP contribution < -0.4 is 11.1 Å². The molecule has 2 aromatic rings. The van der Waals surface area contributed by atoms with Crippen molar-refractivity contribution >= 4 is 39.5 Å². The number of fused-ring (bicyclic) bond motifs is 2. The number of aryl methyl sites for hydroxylation is 2. The molecule has 2 aliphatic carbocycles. The number of hydrogen-bond acceptors (Lipinski definition) is 4. The molecular formula is C20H24N2O2S2. The number of carbonyl (C=O) groups is 2. The average Bonchev–Trinajstić information content (AvgIpc) is 3.08. The van der Waals surface area contributed by atoms with Crippen molar-refractivity contribution in [1.29, 1.82) is 0 Å². The Hall–Kier alpha value is -1.66. The number of thiophene rings is 2. The van der Waals surface area contributed by atoms with Crippen LogP contribution in [0.4, 0.5) is 5.00 Å². The maximum absolute atomic E-state index is 12.8. The first-order valence-electron chi connectivity index (χ1n) is 9.40. The SMILES string of the molecule is C[C@@H]1CCc2c(sc(NC(=O)c3cc4c(s3)CCCCC4)c2C(N)=O)C1. The summed E-state index contributed by atoms with van der Waals surface area (Å²) in [6.45, 7) is 2.23. The molecule has 1 atom stereocenters. The lowest BCUT2D eigenvalue weighted by molar-refractivity contribution is 0.1000. The fraction of sp³-hybridized carbons (Fsp3) is 0.500. The summed E-state index contributed by atoms with van der Waals surface area (Å²) in [6.07, 6.45) is 8.71. The standard InChI is InChI=1S/C20H24N2O2S2/c1-11-7-8-13-15(9-11)26-20(17(13)18(21)23)22-19(24)16-10-12-5-3-2-4-6-14(12)25-16/h10-11H,2-9H2,1H3,(H2,21,23)(H,22,24)/t11-/m1/s1. The van der Waals surface area contributed by atoms with E-state index in [9.17, 15) is 9.59 Å². The van der Waals surface area contributed by atoms with Gasteiger partial charge in [0.2, 0.25) is 0 Å². The molecule has 0 bridgehead atoms. The number of nitrogens with two attached hydrogens (primary N) is 1. The third kappa shape index (κ3) is 3.32. The molecule has 2 aliphatic rings. The number of nitrogens with one attached hydrogen (secondary N) is 1. The molecule has 0 aromatic carbocycles. The van der Waals surface area contributed by atoms with Gasteiger partial charge in [-0.3, -0.25) is 9.59 Å². The number of anilines is 1. The molecule has 138 valence electrons. The molecule has 0 unspecified atom stereocenters. The summed E-state index contributed by atoms with van der Waals surface area (Å²) in [7, 11) is 0. The Morgan fingerprint density at radius 3 is 2.73 bits per heavy atom. The van der Waals surface area contributed by atoms with Gasteiger partial charge in [0.05, 0.1) is 10.4 Å². The van der Waals surface area contributed by atoms with E-state index in [4.69, 9.17) is 5.73 Å². The molecule has 4 nitrogen and oxygen atoms in total. The number of rotatable bonds is 3. The summed E-state index contributed by atoms with van der Waals surface area (Å²) < 4.78 is 0. The highest BCUT2D eigenvalue weighted by molar-refractivity contribution is 7.17. The Labute approximate surface area is 161 Å². The molecule has 0 fully saturated rings. The number of hydrogen-bond donors (Lipinski definition) is 2. The Bertz CT molecular complexity index is 842. The Morgan fingerprint density at radius 1 is 1.12 bits per heavy atom. The van der Waals surface area contributed by atoms with Gasteiger partial charge in [0.1, 0.15) is 5.00 Å². The first-order valence-corrected chi connectivity index (χ1v) is 11.0. The van der Waals surface area contributed by atoms with Crippen molar-refractivity contribution in [2.45, 2.75) is 58.3 Å². The second kappa shape index (κ2) is 7.16.